The fourth-order valence-electron chi connectivity index (χ4n) is 1.89. The Balaban J connectivity index is 1.90. The SMILES string of the molecule is CC(NC(=O)CSc1nnc(N)n1C(C)C)c1cccs1. The predicted molar refractivity (Wildman–Crippen MR) is 86.4 cm³/mol. The van der Waals surface area contributed by atoms with Crippen LogP contribution in [-0.2, 0) is 4.79 Å². The zero-order chi connectivity index (χ0) is 15.4. The minimum atomic E-state index is -0.0298. The minimum Gasteiger partial charge on any atom is -0.368 e. The molecule has 0 aliphatic carbocycles. The van der Waals surface area contributed by atoms with Crippen LogP contribution in [0, 0.1) is 0 Å². The standard InChI is InChI=1S/C13H19N5OS2/c1-8(2)18-12(14)16-17-13(18)21-7-11(19)15-9(3)10-5-4-6-20-10/h4-6,8-9H,7H2,1-3H3,(H2,14,16)(H,15,19). The number of nitrogens with one attached hydrogen (secondary N) is 1. The molecule has 0 spiro atoms. The number of nitrogens with two attached hydrogens (primary N) is 1. The first-order valence-corrected chi connectivity index (χ1v) is 8.51. The number of thiophene rings is 1. The molecule has 0 aliphatic rings. The first kappa shape index (κ1) is 15.8. The van der Waals surface area contributed by atoms with Gasteiger partial charge in [-0.15, -0.1) is 21.5 Å². The molecule has 1 amide bonds. The van der Waals surface area contributed by atoms with Gasteiger partial charge in [-0.05, 0) is 32.2 Å². The molecule has 3 N–H and O–H groups in total. The van der Waals surface area contributed by atoms with Crippen LogP contribution in [0.15, 0.2) is 22.7 Å². The van der Waals surface area contributed by atoms with Gasteiger partial charge in [0.05, 0.1) is 11.8 Å². The maximum atomic E-state index is 12.0. The number of nitrogen functional groups attached to an aromatic ring is 1. The highest BCUT2D eigenvalue weighted by atomic mass is 32.2. The predicted octanol–water partition coefficient (Wildman–Crippen LogP) is 2.47. The molecule has 0 bridgehead atoms. The molecule has 2 heterocycles. The zero-order valence-corrected chi connectivity index (χ0v) is 13.9. The van der Waals surface area contributed by atoms with E-state index in [0.717, 1.165) is 4.88 Å². The van der Waals surface area contributed by atoms with Gasteiger partial charge < -0.3 is 11.1 Å². The third-order valence-corrected chi connectivity index (χ3v) is 4.89. The number of rotatable bonds is 6. The van der Waals surface area contributed by atoms with Crippen LogP contribution in [0.4, 0.5) is 5.95 Å². The van der Waals surface area contributed by atoms with E-state index in [9.17, 15) is 4.79 Å². The molecular formula is C13H19N5OS2. The molecule has 114 valence electrons. The molecule has 1 unspecified atom stereocenters. The molecule has 2 aromatic heterocycles. The first-order valence-electron chi connectivity index (χ1n) is 6.65. The Hall–Kier alpha value is -1.54. The molecule has 1 atom stereocenters. The minimum absolute atomic E-state index is 0.0196. The number of hydrogen-bond acceptors (Lipinski definition) is 6. The number of thioether (sulfide) groups is 1. The summed E-state index contributed by atoms with van der Waals surface area (Å²) in [6.45, 7) is 5.98. The van der Waals surface area contributed by atoms with E-state index in [1.807, 2.05) is 42.9 Å². The first-order chi connectivity index (χ1) is 9.99. The third-order valence-electron chi connectivity index (χ3n) is 2.89. The van der Waals surface area contributed by atoms with Gasteiger partial charge >= 0.3 is 0 Å². The molecule has 6 nitrogen and oxygen atoms in total. The lowest BCUT2D eigenvalue weighted by Gasteiger charge is -2.13. The van der Waals surface area contributed by atoms with Crippen molar-refractivity contribution in [2.24, 2.45) is 0 Å². The van der Waals surface area contributed by atoms with E-state index in [1.165, 1.54) is 11.8 Å². The van der Waals surface area contributed by atoms with Crippen LogP contribution in [0.25, 0.3) is 0 Å². The van der Waals surface area contributed by atoms with E-state index in [-0.39, 0.29) is 18.0 Å². The van der Waals surface area contributed by atoms with Gasteiger partial charge in [0, 0.05) is 10.9 Å². The molecule has 0 saturated heterocycles. The van der Waals surface area contributed by atoms with Crippen molar-refractivity contribution in [3.8, 4) is 0 Å². The molecular weight excluding hydrogens is 306 g/mol. The van der Waals surface area contributed by atoms with Crippen LogP contribution in [0.3, 0.4) is 0 Å². The van der Waals surface area contributed by atoms with Crippen molar-refractivity contribution in [1.29, 1.82) is 0 Å². The van der Waals surface area contributed by atoms with Crippen molar-refractivity contribution >= 4 is 35.0 Å². The molecule has 2 aromatic rings. The highest BCUT2D eigenvalue weighted by molar-refractivity contribution is 7.99. The monoisotopic (exact) mass is 325 g/mol. The Bertz CT molecular complexity index is 594. The number of hydrogen-bond donors (Lipinski definition) is 2. The largest absolute Gasteiger partial charge is 0.368 e. The second-order valence-corrected chi connectivity index (χ2v) is 6.82. The zero-order valence-electron chi connectivity index (χ0n) is 12.2. The molecule has 0 radical (unpaired) electrons. The lowest BCUT2D eigenvalue weighted by atomic mass is 10.3. The van der Waals surface area contributed by atoms with Crippen LogP contribution in [0.1, 0.15) is 37.7 Å². The van der Waals surface area contributed by atoms with Crippen LogP contribution >= 0.6 is 23.1 Å². The summed E-state index contributed by atoms with van der Waals surface area (Å²) in [6, 6.07) is 4.17. The number of amides is 1. The topological polar surface area (TPSA) is 85.8 Å². The summed E-state index contributed by atoms with van der Waals surface area (Å²) in [7, 11) is 0. The van der Waals surface area contributed by atoms with Crippen molar-refractivity contribution < 1.29 is 4.79 Å². The highest BCUT2D eigenvalue weighted by Crippen LogP contribution is 2.23. The molecule has 2 rings (SSSR count). The Labute approximate surface area is 132 Å². The van der Waals surface area contributed by atoms with Gasteiger partial charge in [-0.3, -0.25) is 9.36 Å². The summed E-state index contributed by atoms with van der Waals surface area (Å²) in [6.07, 6.45) is 0. The van der Waals surface area contributed by atoms with Crippen LogP contribution in [-0.4, -0.2) is 26.4 Å². The van der Waals surface area contributed by atoms with Crippen LogP contribution in [0.2, 0.25) is 0 Å². The Morgan fingerprint density at radius 2 is 2.24 bits per heavy atom. The fourth-order valence-corrected chi connectivity index (χ4v) is 3.51. The van der Waals surface area contributed by atoms with Crippen molar-refractivity contribution in [2.45, 2.75) is 38.0 Å². The molecule has 0 aliphatic heterocycles. The molecule has 0 fully saturated rings. The quantitative estimate of drug-likeness (QED) is 0.797. The van der Waals surface area contributed by atoms with Crippen LogP contribution in [0.5, 0.6) is 0 Å². The van der Waals surface area contributed by atoms with Crippen molar-refractivity contribution in [3.63, 3.8) is 0 Å². The van der Waals surface area contributed by atoms with Gasteiger partial charge in [0.2, 0.25) is 11.9 Å². The van der Waals surface area contributed by atoms with Crippen molar-refractivity contribution in [2.75, 3.05) is 11.5 Å². The van der Waals surface area contributed by atoms with E-state index in [1.54, 1.807) is 11.3 Å². The van der Waals surface area contributed by atoms with Gasteiger partial charge in [-0.2, -0.15) is 0 Å². The summed E-state index contributed by atoms with van der Waals surface area (Å²) < 4.78 is 1.82. The Kier molecular flexibility index (Phi) is 5.24. The Morgan fingerprint density at radius 3 is 2.86 bits per heavy atom. The second kappa shape index (κ2) is 6.95. The maximum absolute atomic E-state index is 12.0. The fraction of sp³-hybridized carbons (Fsp3) is 0.462. The number of carbonyl (C=O) groups excluding carboxylic acids is 1. The van der Waals surface area contributed by atoms with Gasteiger partial charge in [0.25, 0.3) is 0 Å². The van der Waals surface area contributed by atoms with Crippen molar-refractivity contribution in [1.82, 2.24) is 20.1 Å². The van der Waals surface area contributed by atoms with E-state index >= 15 is 0 Å². The number of carbonyl (C=O) groups is 1. The summed E-state index contributed by atoms with van der Waals surface area (Å²) in [5, 5.41) is 13.5. The molecule has 0 aromatic carbocycles. The lowest BCUT2D eigenvalue weighted by Crippen LogP contribution is -2.27. The van der Waals surface area contributed by atoms with Gasteiger partial charge in [-0.1, -0.05) is 17.8 Å². The summed E-state index contributed by atoms with van der Waals surface area (Å²) in [4.78, 5) is 13.1. The van der Waals surface area contributed by atoms with E-state index in [4.69, 9.17) is 5.73 Å². The van der Waals surface area contributed by atoms with Gasteiger partial charge in [0.15, 0.2) is 5.16 Å². The average Bonchev–Trinajstić information content (AvgIpc) is 3.05. The van der Waals surface area contributed by atoms with E-state index in [2.05, 4.69) is 15.5 Å². The molecule has 21 heavy (non-hydrogen) atoms. The smallest absolute Gasteiger partial charge is 0.230 e. The second-order valence-electron chi connectivity index (χ2n) is 4.90. The molecule has 8 heteroatoms. The molecule has 0 saturated carbocycles. The third kappa shape index (κ3) is 3.98. The van der Waals surface area contributed by atoms with Gasteiger partial charge in [0.1, 0.15) is 0 Å². The van der Waals surface area contributed by atoms with E-state index < -0.39 is 0 Å². The van der Waals surface area contributed by atoms with Crippen LogP contribution < -0.4 is 11.1 Å². The number of nitrogens with zero attached hydrogens (tertiary/aromatic N) is 3. The maximum Gasteiger partial charge on any atom is 0.230 e. The highest BCUT2D eigenvalue weighted by Gasteiger charge is 2.16. The summed E-state index contributed by atoms with van der Waals surface area (Å²) in [5.41, 5.74) is 5.77. The normalized spacial score (nSPS) is 12.6. The van der Waals surface area contributed by atoms with Crippen molar-refractivity contribution in [3.05, 3.63) is 22.4 Å². The summed E-state index contributed by atoms with van der Waals surface area (Å²) >= 11 is 2.98. The number of aromatic nitrogens is 3. The summed E-state index contributed by atoms with van der Waals surface area (Å²) in [5.74, 6) is 0.637. The lowest BCUT2D eigenvalue weighted by molar-refractivity contribution is -0.119. The Morgan fingerprint density at radius 1 is 1.48 bits per heavy atom. The van der Waals surface area contributed by atoms with Gasteiger partial charge in [-0.25, -0.2) is 0 Å². The number of anilines is 1. The van der Waals surface area contributed by atoms with E-state index in [0.29, 0.717) is 16.9 Å². The average molecular weight is 325 g/mol.